The van der Waals surface area contributed by atoms with Crippen molar-refractivity contribution in [3.63, 3.8) is 0 Å². The molecule has 90 valence electrons. The quantitative estimate of drug-likeness (QED) is 0.922. The maximum absolute atomic E-state index is 5.79. The summed E-state index contributed by atoms with van der Waals surface area (Å²) in [6.07, 6.45) is 0. The third kappa shape index (κ3) is 3.56. The number of hydrogen-bond acceptors (Lipinski definition) is 3. The highest BCUT2D eigenvalue weighted by molar-refractivity contribution is 9.11. The SMILES string of the molecule is C[C@H](N)c1ccc(OCc2ccc(Br)s2)cc1. The highest BCUT2D eigenvalue weighted by Gasteiger charge is 2.01. The molecule has 1 aromatic carbocycles. The molecule has 0 aliphatic heterocycles. The average Bonchev–Trinajstić information content (AvgIpc) is 2.73. The zero-order valence-corrected chi connectivity index (χ0v) is 11.9. The van der Waals surface area contributed by atoms with Crippen molar-refractivity contribution in [1.29, 1.82) is 0 Å². The average molecular weight is 312 g/mol. The molecule has 0 fully saturated rings. The molecule has 0 unspecified atom stereocenters. The van der Waals surface area contributed by atoms with Gasteiger partial charge in [0.2, 0.25) is 0 Å². The molecule has 0 aliphatic carbocycles. The third-order valence-electron chi connectivity index (χ3n) is 2.42. The van der Waals surface area contributed by atoms with E-state index >= 15 is 0 Å². The van der Waals surface area contributed by atoms with Gasteiger partial charge in [0.25, 0.3) is 0 Å². The van der Waals surface area contributed by atoms with Crippen molar-refractivity contribution in [2.24, 2.45) is 5.73 Å². The molecule has 2 N–H and O–H groups in total. The van der Waals surface area contributed by atoms with E-state index in [0.29, 0.717) is 6.61 Å². The van der Waals surface area contributed by atoms with Gasteiger partial charge in [-0.2, -0.15) is 0 Å². The van der Waals surface area contributed by atoms with Gasteiger partial charge in [0.1, 0.15) is 12.4 Å². The van der Waals surface area contributed by atoms with Gasteiger partial charge in [-0.15, -0.1) is 11.3 Å². The molecule has 0 saturated carbocycles. The number of benzene rings is 1. The van der Waals surface area contributed by atoms with Crippen molar-refractivity contribution in [3.05, 3.63) is 50.6 Å². The van der Waals surface area contributed by atoms with Gasteiger partial charge in [0.15, 0.2) is 0 Å². The van der Waals surface area contributed by atoms with E-state index in [9.17, 15) is 0 Å². The Kier molecular flexibility index (Phi) is 4.20. The first kappa shape index (κ1) is 12.6. The molecule has 1 aromatic heterocycles. The van der Waals surface area contributed by atoms with Crippen molar-refractivity contribution in [3.8, 4) is 5.75 Å². The Morgan fingerprint density at radius 2 is 1.94 bits per heavy atom. The Morgan fingerprint density at radius 3 is 2.47 bits per heavy atom. The second-order valence-electron chi connectivity index (χ2n) is 3.85. The minimum absolute atomic E-state index is 0.0669. The maximum atomic E-state index is 5.79. The Bertz CT molecular complexity index is 478. The van der Waals surface area contributed by atoms with Gasteiger partial charge < -0.3 is 10.5 Å². The van der Waals surface area contributed by atoms with Gasteiger partial charge in [0.05, 0.1) is 3.79 Å². The minimum atomic E-state index is 0.0669. The predicted octanol–water partition coefficient (Wildman–Crippen LogP) is 4.11. The van der Waals surface area contributed by atoms with Crippen molar-refractivity contribution in [2.45, 2.75) is 19.6 Å². The number of thiophene rings is 1. The topological polar surface area (TPSA) is 35.2 Å². The van der Waals surface area contributed by atoms with Crippen molar-refractivity contribution < 1.29 is 4.74 Å². The zero-order valence-electron chi connectivity index (χ0n) is 9.52. The third-order valence-corrected chi connectivity index (χ3v) is 4.01. The van der Waals surface area contributed by atoms with E-state index in [4.69, 9.17) is 10.5 Å². The first-order valence-corrected chi connectivity index (χ1v) is 6.98. The fourth-order valence-electron chi connectivity index (χ4n) is 1.45. The van der Waals surface area contributed by atoms with Gasteiger partial charge in [-0.05, 0) is 52.7 Å². The molecule has 1 heterocycles. The van der Waals surface area contributed by atoms with Crippen molar-refractivity contribution in [1.82, 2.24) is 0 Å². The minimum Gasteiger partial charge on any atom is -0.488 e. The lowest BCUT2D eigenvalue weighted by molar-refractivity contribution is 0.309. The number of hydrogen-bond donors (Lipinski definition) is 1. The Labute approximate surface area is 114 Å². The summed E-state index contributed by atoms with van der Waals surface area (Å²) in [6, 6.07) is 12.1. The summed E-state index contributed by atoms with van der Waals surface area (Å²) in [4.78, 5) is 1.20. The lowest BCUT2D eigenvalue weighted by atomic mass is 10.1. The van der Waals surface area contributed by atoms with Crippen LogP contribution in [-0.4, -0.2) is 0 Å². The van der Waals surface area contributed by atoms with E-state index in [0.717, 1.165) is 15.1 Å². The summed E-state index contributed by atoms with van der Waals surface area (Å²) in [5, 5.41) is 0. The van der Waals surface area contributed by atoms with Crippen LogP contribution in [0.25, 0.3) is 0 Å². The lowest BCUT2D eigenvalue weighted by Crippen LogP contribution is -2.04. The summed E-state index contributed by atoms with van der Waals surface area (Å²) in [6.45, 7) is 2.58. The molecule has 1 atom stereocenters. The van der Waals surface area contributed by atoms with E-state index in [1.165, 1.54) is 4.88 Å². The van der Waals surface area contributed by atoms with Crippen LogP contribution in [0.1, 0.15) is 23.4 Å². The molecule has 0 bridgehead atoms. The standard InChI is InChI=1S/C13H14BrNOS/c1-9(15)10-2-4-11(5-3-10)16-8-12-6-7-13(14)17-12/h2-7,9H,8,15H2,1H3/t9-/m0/s1. The summed E-state index contributed by atoms with van der Waals surface area (Å²) in [5.41, 5.74) is 6.91. The molecule has 2 rings (SSSR count). The molecule has 0 spiro atoms. The van der Waals surface area contributed by atoms with Gasteiger partial charge in [-0.1, -0.05) is 12.1 Å². The number of halogens is 1. The van der Waals surface area contributed by atoms with E-state index in [1.54, 1.807) is 11.3 Å². The highest BCUT2D eigenvalue weighted by atomic mass is 79.9. The maximum Gasteiger partial charge on any atom is 0.122 e. The second kappa shape index (κ2) is 5.67. The first-order chi connectivity index (χ1) is 8.15. The van der Waals surface area contributed by atoms with Crippen LogP contribution in [0.4, 0.5) is 0 Å². The van der Waals surface area contributed by atoms with Gasteiger partial charge in [-0.3, -0.25) is 0 Å². The van der Waals surface area contributed by atoms with Crippen molar-refractivity contribution >= 4 is 27.3 Å². The van der Waals surface area contributed by atoms with Crippen LogP contribution in [0, 0.1) is 0 Å². The van der Waals surface area contributed by atoms with Crippen LogP contribution in [-0.2, 0) is 6.61 Å². The summed E-state index contributed by atoms with van der Waals surface area (Å²) < 4.78 is 6.82. The summed E-state index contributed by atoms with van der Waals surface area (Å²) >= 11 is 5.12. The van der Waals surface area contributed by atoms with Crippen LogP contribution < -0.4 is 10.5 Å². The van der Waals surface area contributed by atoms with Gasteiger partial charge in [0, 0.05) is 10.9 Å². The van der Waals surface area contributed by atoms with Crippen molar-refractivity contribution in [2.75, 3.05) is 0 Å². The van der Waals surface area contributed by atoms with E-state index in [2.05, 4.69) is 22.0 Å². The van der Waals surface area contributed by atoms with Crippen LogP contribution in [0.3, 0.4) is 0 Å². The van der Waals surface area contributed by atoms with Crippen LogP contribution in [0.5, 0.6) is 5.75 Å². The normalized spacial score (nSPS) is 12.4. The zero-order chi connectivity index (χ0) is 12.3. The first-order valence-electron chi connectivity index (χ1n) is 5.37. The molecule has 0 radical (unpaired) electrons. The molecule has 2 nitrogen and oxygen atoms in total. The largest absolute Gasteiger partial charge is 0.488 e. The Hall–Kier alpha value is -0.840. The number of rotatable bonds is 4. The van der Waals surface area contributed by atoms with Crippen LogP contribution in [0.15, 0.2) is 40.2 Å². The highest BCUT2D eigenvalue weighted by Crippen LogP contribution is 2.24. The van der Waals surface area contributed by atoms with Gasteiger partial charge >= 0.3 is 0 Å². The predicted molar refractivity (Wildman–Crippen MR) is 75.4 cm³/mol. The monoisotopic (exact) mass is 311 g/mol. The molecule has 4 heteroatoms. The molecule has 17 heavy (non-hydrogen) atoms. The molecular formula is C13H14BrNOS. The Balaban J connectivity index is 1.95. The lowest BCUT2D eigenvalue weighted by Gasteiger charge is -2.08. The molecule has 2 aromatic rings. The smallest absolute Gasteiger partial charge is 0.122 e. The Morgan fingerprint density at radius 1 is 1.24 bits per heavy atom. The van der Waals surface area contributed by atoms with E-state index in [-0.39, 0.29) is 6.04 Å². The fourth-order valence-corrected chi connectivity index (χ4v) is 2.85. The number of nitrogens with two attached hydrogens (primary N) is 1. The number of ether oxygens (including phenoxy) is 1. The summed E-state index contributed by atoms with van der Waals surface area (Å²) in [5.74, 6) is 0.874. The van der Waals surface area contributed by atoms with Gasteiger partial charge in [-0.25, -0.2) is 0 Å². The van der Waals surface area contributed by atoms with Crippen LogP contribution >= 0.6 is 27.3 Å². The van der Waals surface area contributed by atoms with E-state index in [1.807, 2.05) is 37.3 Å². The second-order valence-corrected chi connectivity index (χ2v) is 6.40. The molecule has 0 amide bonds. The molecule has 0 saturated heterocycles. The fraction of sp³-hybridized carbons (Fsp3) is 0.231. The molecular weight excluding hydrogens is 298 g/mol. The summed E-state index contributed by atoms with van der Waals surface area (Å²) in [7, 11) is 0. The molecule has 0 aliphatic rings. The van der Waals surface area contributed by atoms with Crippen LogP contribution in [0.2, 0.25) is 0 Å². The van der Waals surface area contributed by atoms with E-state index < -0.39 is 0 Å².